The summed E-state index contributed by atoms with van der Waals surface area (Å²) in [6.07, 6.45) is 6.67. The van der Waals surface area contributed by atoms with Crippen LogP contribution < -0.4 is 15.5 Å². The van der Waals surface area contributed by atoms with Crippen molar-refractivity contribution in [3.63, 3.8) is 0 Å². The summed E-state index contributed by atoms with van der Waals surface area (Å²) in [6.45, 7) is 2.28. The van der Waals surface area contributed by atoms with Gasteiger partial charge in [0.2, 0.25) is 0 Å². The van der Waals surface area contributed by atoms with Crippen molar-refractivity contribution in [3.8, 4) is 5.75 Å². The zero-order chi connectivity index (χ0) is 19.9. The highest BCUT2D eigenvalue weighted by Crippen LogP contribution is 2.23. The molecule has 3 N–H and O–H groups in total. The van der Waals surface area contributed by atoms with Crippen molar-refractivity contribution in [3.05, 3.63) is 53.7 Å². The van der Waals surface area contributed by atoms with E-state index in [2.05, 4.69) is 20.2 Å². The van der Waals surface area contributed by atoms with Gasteiger partial charge in [0.25, 0.3) is 5.91 Å². The number of rotatable bonds is 7. The number of aromatic nitrogens is 2. The number of halogens is 1. The maximum Gasteiger partial charge on any atom is 0.267 e. The molecule has 0 unspecified atom stereocenters. The zero-order valence-corrected chi connectivity index (χ0v) is 15.4. The SMILES string of the molecule is COc1ccc(F)cc1CN1CC[C@@H](Nc2cnc(/C=C/C(=O)NO)cn2)C1. The predicted molar refractivity (Wildman–Crippen MR) is 101 cm³/mol. The van der Waals surface area contributed by atoms with Crippen molar-refractivity contribution in [2.45, 2.75) is 19.0 Å². The number of methoxy groups -OCH3 is 1. The summed E-state index contributed by atoms with van der Waals surface area (Å²) in [5, 5.41) is 11.8. The Bertz CT molecular complexity index is 844. The van der Waals surface area contributed by atoms with Crippen LogP contribution in [0, 0.1) is 5.82 Å². The molecule has 1 fully saturated rings. The van der Waals surface area contributed by atoms with Crippen molar-refractivity contribution in [1.29, 1.82) is 0 Å². The number of likely N-dealkylation sites (tertiary alicyclic amines) is 1. The Morgan fingerprint density at radius 1 is 1.43 bits per heavy atom. The number of hydrogen-bond acceptors (Lipinski definition) is 7. The van der Waals surface area contributed by atoms with Gasteiger partial charge in [-0.3, -0.25) is 19.9 Å². The third kappa shape index (κ3) is 5.24. The smallest absolute Gasteiger partial charge is 0.267 e. The summed E-state index contributed by atoms with van der Waals surface area (Å²) < 4.78 is 18.8. The molecule has 1 aliphatic rings. The summed E-state index contributed by atoms with van der Waals surface area (Å²) in [6, 6.07) is 4.75. The average Bonchev–Trinajstić information content (AvgIpc) is 3.14. The molecule has 1 aromatic heterocycles. The quantitative estimate of drug-likeness (QED) is 0.379. The maximum absolute atomic E-state index is 13.5. The van der Waals surface area contributed by atoms with Crippen LogP contribution in [0.3, 0.4) is 0 Å². The second-order valence-corrected chi connectivity index (χ2v) is 6.46. The summed E-state index contributed by atoms with van der Waals surface area (Å²) in [5.41, 5.74) is 2.83. The monoisotopic (exact) mass is 387 g/mol. The second-order valence-electron chi connectivity index (χ2n) is 6.46. The standard InChI is InChI=1S/C19H22FN5O3/c1-28-17-4-2-14(20)8-13(17)11-25-7-6-16(12-25)23-18-10-21-15(9-22-18)3-5-19(26)24-27/h2-5,8-10,16,27H,6-7,11-12H2,1H3,(H,22,23)(H,24,26)/b5-3+/t16-/m1/s1. The minimum atomic E-state index is -0.634. The first-order valence-corrected chi connectivity index (χ1v) is 8.83. The van der Waals surface area contributed by atoms with Gasteiger partial charge < -0.3 is 10.1 Å². The average molecular weight is 387 g/mol. The molecule has 1 amide bonds. The second kappa shape index (κ2) is 9.25. The van der Waals surface area contributed by atoms with Crippen LogP contribution in [-0.2, 0) is 11.3 Å². The van der Waals surface area contributed by atoms with Crippen molar-refractivity contribution in [1.82, 2.24) is 20.3 Å². The van der Waals surface area contributed by atoms with Crippen molar-refractivity contribution < 1.29 is 19.1 Å². The van der Waals surface area contributed by atoms with Crippen LogP contribution in [0.25, 0.3) is 6.08 Å². The highest BCUT2D eigenvalue weighted by atomic mass is 19.1. The third-order valence-electron chi connectivity index (χ3n) is 4.45. The number of nitrogens with zero attached hydrogens (tertiary/aromatic N) is 3. The molecule has 0 bridgehead atoms. The fourth-order valence-electron chi connectivity index (χ4n) is 3.11. The molecule has 1 atom stereocenters. The molecule has 0 aliphatic carbocycles. The molecular weight excluding hydrogens is 365 g/mol. The van der Waals surface area contributed by atoms with Gasteiger partial charge in [0.05, 0.1) is 25.2 Å². The van der Waals surface area contributed by atoms with Gasteiger partial charge >= 0.3 is 0 Å². The highest BCUT2D eigenvalue weighted by molar-refractivity contribution is 5.90. The number of anilines is 1. The van der Waals surface area contributed by atoms with Crippen LogP contribution >= 0.6 is 0 Å². The normalized spacial score (nSPS) is 17.0. The van der Waals surface area contributed by atoms with Crippen molar-refractivity contribution in [2.75, 3.05) is 25.5 Å². The minimum Gasteiger partial charge on any atom is -0.496 e. The number of carbonyl (C=O) groups is 1. The van der Waals surface area contributed by atoms with E-state index in [1.165, 1.54) is 29.9 Å². The Morgan fingerprint density at radius 3 is 3.00 bits per heavy atom. The van der Waals surface area contributed by atoms with E-state index in [0.29, 0.717) is 23.8 Å². The number of hydroxylamine groups is 1. The van der Waals surface area contributed by atoms with Gasteiger partial charge in [0, 0.05) is 37.3 Å². The fourth-order valence-corrected chi connectivity index (χ4v) is 3.11. The van der Waals surface area contributed by atoms with Crippen LogP contribution in [0.1, 0.15) is 17.7 Å². The molecule has 148 valence electrons. The molecule has 1 aliphatic heterocycles. The molecule has 0 spiro atoms. The van der Waals surface area contributed by atoms with Gasteiger partial charge in [-0.25, -0.2) is 14.9 Å². The van der Waals surface area contributed by atoms with E-state index in [1.54, 1.807) is 19.4 Å². The molecule has 0 radical (unpaired) electrons. The summed E-state index contributed by atoms with van der Waals surface area (Å²) >= 11 is 0. The van der Waals surface area contributed by atoms with E-state index in [4.69, 9.17) is 9.94 Å². The fraction of sp³-hybridized carbons (Fsp3) is 0.316. The van der Waals surface area contributed by atoms with Crippen LogP contribution in [0.15, 0.2) is 36.7 Å². The van der Waals surface area contributed by atoms with Crippen LogP contribution in [-0.4, -0.2) is 52.2 Å². The molecule has 0 saturated carbocycles. The van der Waals surface area contributed by atoms with E-state index in [9.17, 15) is 9.18 Å². The summed E-state index contributed by atoms with van der Waals surface area (Å²) in [4.78, 5) is 21.7. The van der Waals surface area contributed by atoms with E-state index in [0.717, 1.165) is 31.1 Å². The molecule has 1 saturated heterocycles. The third-order valence-corrected chi connectivity index (χ3v) is 4.45. The summed E-state index contributed by atoms with van der Waals surface area (Å²) in [7, 11) is 1.58. The summed E-state index contributed by atoms with van der Waals surface area (Å²) in [5.74, 6) is 0.414. The first-order chi connectivity index (χ1) is 13.6. The van der Waals surface area contributed by atoms with Gasteiger partial charge in [-0.2, -0.15) is 0 Å². The number of carbonyl (C=O) groups excluding carboxylic acids is 1. The van der Waals surface area contributed by atoms with E-state index in [-0.39, 0.29) is 11.9 Å². The molecule has 8 nitrogen and oxygen atoms in total. The molecule has 28 heavy (non-hydrogen) atoms. The lowest BCUT2D eigenvalue weighted by molar-refractivity contribution is -0.124. The number of nitrogens with one attached hydrogen (secondary N) is 2. The number of benzene rings is 1. The van der Waals surface area contributed by atoms with Crippen molar-refractivity contribution in [2.24, 2.45) is 0 Å². The molecule has 3 rings (SSSR count). The highest BCUT2D eigenvalue weighted by Gasteiger charge is 2.23. The largest absolute Gasteiger partial charge is 0.496 e. The van der Waals surface area contributed by atoms with Gasteiger partial charge in [-0.15, -0.1) is 0 Å². The number of ether oxygens (including phenoxy) is 1. The van der Waals surface area contributed by atoms with Crippen LogP contribution in [0.5, 0.6) is 5.75 Å². The predicted octanol–water partition coefficient (Wildman–Crippen LogP) is 1.83. The van der Waals surface area contributed by atoms with Gasteiger partial charge in [0.15, 0.2) is 0 Å². The molecule has 2 aromatic rings. The Kier molecular flexibility index (Phi) is 6.51. The molecule has 1 aromatic carbocycles. The van der Waals surface area contributed by atoms with E-state index < -0.39 is 5.91 Å². The molecular formula is C19H22FN5O3. The Balaban J connectivity index is 1.54. The lowest BCUT2D eigenvalue weighted by atomic mass is 10.2. The number of hydrogen-bond donors (Lipinski definition) is 3. The van der Waals surface area contributed by atoms with Crippen LogP contribution in [0.4, 0.5) is 10.2 Å². The van der Waals surface area contributed by atoms with Gasteiger partial charge in [-0.05, 0) is 30.7 Å². The Hall–Kier alpha value is -3.04. The first kappa shape index (κ1) is 19.7. The van der Waals surface area contributed by atoms with Gasteiger partial charge in [0.1, 0.15) is 17.4 Å². The minimum absolute atomic E-state index is 0.204. The topological polar surface area (TPSA) is 99.6 Å². The van der Waals surface area contributed by atoms with E-state index in [1.807, 2.05) is 0 Å². The van der Waals surface area contributed by atoms with Crippen molar-refractivity contribution >= 4 is 17.8 Å². The zero-order valence-electron chi connectivity index (χ0n) is 15.4. The first-order valence-electron chi connectivity index (χ1n) is 8.83. The van der Waals surface area contributed by atoms with Gasteiger partial charge in [-0.1, -0.05) is 0 Å². The van der Waals surface area contributed by atoms with E-state index >= 15 is 0 Å². The molecule has 2 heterocycles. The van der Waals surface area contributed by atoms with Crippen LogP contribution in [0.2, 0.25) is 0 Å². The Morgan fingerprint density at radius 2 is 2.29 bits per heavy atom. The maximum atomic E-state index is 13.5. The lowest BCUT2D eigenvalue weighted by Crippen LogP contribution is -2.26. The number of amides is 1. The Labute approximate surface area is 162 Å². The lowest BCUT2D eigenvalue weighted by Gasteiger charge is -2.18. The molecule has 9 heteroatoms.